The molecule has 12 nitrogen and oxygen atoms in total. The highest BCUT2D eigenvalue weighted by Gasteiger charge is 2.29. The third-order valence-electron chi connectivity index (χ3n) is 8.95. The summed E-state index contributed by atoms with van der Waals surface area (Å²) in [5.74, 6) is 2.01. The summed E-state index contributed by atoms with van der Waals surface area (Å²) in [6.07, 6.45) is 16.7. The van der Waals surface area contributed by atoms with Crippen molar-refractivity contribution in [1.82, 2.24) is 10.6 Å². The van der Waals surface area contributed by atoms with E-state index >= 15 is 0 Å². The molecule has 0 saturated heterocycles. The SMILES string of the molecule is CCCCOP(=O)(OCCC#N)OCCCCCCCC(CCCN)(CCCCNC)CCCNC(=O)CCCOc1cc(OC)cc(OC)c1. The van der Waals surface area contributed by atoms with E-state index in [1.807, 2.05) is 20.0 Å². The number of amides is 1. The fourth-order valence-electron chi connectivity index (χ4n) is 6.04. The molecule has 294 valence electrons. The molecule has 1 rings (SSSR count). The Labute approximate surface area is 308 Å². The Bertz CT molecular complexity index is 1100. The number of nitrogens with one attached hydrogen (secondary N) is 2. The van der Waals surface area contributed by atoms with Crippen LogP contribution in [-0.4, -0.2) is 73.2 Å². The first kappa shape index (κ1) is 46.6. The molecule has 0 heterocycles. The van der Waals surface area contributed by atoms with Gasteiger partial charge in [0, 0.05) is 31.2 Å². The van der Waals surface area contributed by atoms with Gasteiger partial charge in [-0.15, -0.1) is 0 Å². The second kappa shape index (κ2) is 30.1. The van der Waals surface area contributed by atoms with Gasteiger partial charge in [0.2, 0.25) is 5.91 Å². The fourth-order valence-corrected chi connectivity index (χ4v) is 7.28. The highest BCUT2D eigenvalue weighted by molar-refractivity contribution is 7.48. The molecule has 1 aromatic rings. The number of ether oxygens (including phenoxy) is 3. The Morgan fingerprint density at radius 1 is 0.765 bits per heavy atom. The van der Waals surface area contributed by atoms with Gasteiger partial charge in [0.1, 0.15) is 17.2 Å². The van der Waals surface area contributed by atoms with Crippen LogP contribution < -0.4 is 30.6 Å². The summed E-state index contributed by atoms with van der Waals surface area (Å²) in [5, 5.41) is 15.2. The van der Waals surface area contributed by atoms with Crippen LogP contribution in [0.2, 0.25) is 0 Å². The number of unbranched alkanes of at least 4 members (excludes halogenated alkanes) is 6. The molecule has 0 aliphatic rings. The summed E-state index contributed by atoms with van der Waals surface area (Å²) in [4.78, 5) is 12.6. The maximum Gasteiger partial charge on any atom is 0.474 e. The summed E-state index contributed by atoms with van der Waals surface area (Å²) >= 11 is 0. The minimum atomic E-state index is -3.64. The molecule has 13 heteroatoms. The monoisotopic (exact) mass is 740 g/mol. The predicted octanol–water partition coefficient (Wildman–Crippen LogP) is 8.09. The summed E-state index contributed by atoms with van der Waals surface area (Å²) < 4.78 is 45.6. The Hall–Kier alpha value is -2.39. The third kappa shape index (κ3) is 23.0. The van der Waals surface area contributed by atoms with Gasteiger partial charge in [-0.25, -0.2) is 4.57 Å². The van der Waals surface area contributed by atoms with E-state index < -0.39 is 7.82 Å². The molecule has 2 atom stereocenters. The number of nitriles is 1. The van der Waals surface area contributed by atoms with Crippen molar-refractivity contribution in [2.24, 2.45) is 11.1 Å². The second-order valence-corrected chi connectivity index (χ2v) is 14.8. The van der Waals surface area contributed by atoms with Gasteiger partial charge in [-0.3, -0.25) is 18.4 Å². The normalized spacial score (nSPS) is 13.6. The lowest BCUT2D eigenvalue weighted by Gasteiger charge is -2.35. The number of benzene rings is 1. The molecule has 0 aromatic heterocycles. The smallest absolute Gasteiger partial charge is 0.474 e. The van der Waals surface area contributed by atoms with Crippen molar-refractivity contribution in [3.8, 4) is 23.3 Å². The number of methoxy groups -OCH3 is 2. The average molecular weight is 741 g/mol. The first-order valence-electron chi connectivity index (χ1n) is 19.2. The molecule has 0 radical (unpaired) electrons. The van der Waals surface area contributed by atoms with Crippen LogP contribution in [0.1, 0.15) is 122 Å². The number of phosphoric acid groups is 1. The van der Waals surface area contributed by atoms with Crippen molar-refractivity contribution in [2.45, 2.75) is 122 Å². The number of carbonyl (C=O) groups is 1. The molecule has 1 amide bonds. The number of hydrogen-bond acceptors (Lipinski definition) is 11. The molecule has 4 N–H and O–H groups in total. The van der Waals surface area contributed by atoms with Crippen LogP contribution >= 0.6 is 7.82 Å². The van der Waals surface area contributed by atoms with Gasteiger partial charge in [0.05, 0.1) is 53.1 Å². The first-order chi connectivity index (χ1) is 24.8. The van der Waals surface area contributed by atoms with Crippen molar-refractivity contribution in [1.29, 1.82) is 5.26 Å². The van der Waals surface area contributed by atoms with Crippen LogP contribution in [0.25, 0.3) is 0 Å². The molecule has 0 spiro atoms. The summed E-state index contributed by atoms with van der Waals surface area (Å²) in [5.41, 5.74) is 6.22. The van der Waals surface area contributed by atoms with E-state index in [1.165, 1.54) is 12.8 Å². The highest BCUT2D eigenvalue weighted by atomic mass is 31.2. The van der Waals surface area contributed by atoms with Gasteiger partial charge in [-0.1, -0.05) is 45.4 Å². The molecule has 0 fully saturated rings. The molecule has 0 bridgehead atoms. The predicted molar refractivity (Wildman–Crippen MR) is 203 cm³/mol. The maximum atomic E-state index is 12.9. The topological polar surface area (TPSA) is 163 Å². The Morgan fingerprint density at radius 2 is 1.35 bits per heavy atom. The van der Waals surface area contributed by atoms with E-state index in [1.54, 1.807) is 32.4 Å². The van der Waals surface area contributed by atoms with Gasteiger partial charge in [0.15, 0.2) is 0 Å². The van der Waals surface area contributed by atoms with E-state index in [-0.39, 0.29) is 24.3 Å². The maximum absolute atomic E-state index is 12.9. The summed E-state index contributed by atoms with van der Waals surface area (Å²) in [6, 6.07) is 7.38. The molecular weight excluding hydrogens is 671 g/mol. The van der Waals surface area contributed by atoms with Crippen LogP contribution in [0.15, 0.2) is 18.2 Å². The summed E-state index contributed by atoms with van der Waals surface area (Å²) in [7, 11) is 1.56. The van der Waals surface area contributed by atoms with Gasteiger partial charge in [-0.05, 0) is 89.8 Å². The van der Waals surface area contributed by atoms with E-state index in [9.17, 15) is 9.36 Å². The van der Waals surface area contributed by atoms with Crippen molar-refractivity contribution >= 4 is 13.7 Å². The zero-order valence-corrected chi connectivity index (χ0v) is 33.0. The number of carbonyl (C=O) groups excluding carboxylic acids is 1. The van der Waals surface area contributed by atoms with Gasteiger partial charge >= 0.3 is 7.82 Å². The zero-order valence-electron chi connectivity index (χ0n) is 32.1. The van der Waals surface area contributed by atoms with E-state index in [0.29, 0.717) is 63.0 Å². The highest BCUT2D eigenvalue weighted by Crippen LogP contribution is 2.50. The van der Waals surface area contributed by atoms with Gasteiger partial charge in [0.25, 0.3) is 0 Å². The molecular formula is C38H69N4O8P. The van der Waals surface area contributed by atoms with Gasteiger partial charge in [-0.2, -0.15) is 5.26 Å². The molecule has 0 aliphatic carbocycles. The number of hydrogen-bond donors (Lipinski definition) is 3. The minimum Gasteiger partial charge on any atom is -0.496 e. The van der Waals surface area contributed by atoms with Crippen molar-refractivity contribution in [3.05, 3.63) is 18.2 Å². The van der Waals surface area contributed by atoms with Crippen LogP contribution in [0, 0.1) is 16.7 Å². The van der Waals surface area contributed by atoms with Crippen LogP contribution in [0.3, 0.4) is 0 Å². The quantitative estimate of drug-likeness (QED) is 0.0455. The van der Waals surface area contributed by atoms with Gasteiger partial charge < -0.3 is 30.6 Å². The van der Waals surface area contributed by atoms with Crippen molar-refractivity contribution in [2.75, 3.05) is 67.3 Å². The summed E-state index contributed by atoms with van der Waals surface area (Å²) in [6.45, 7) is 5.47. The second-order valence-electron chi connectivity index (χ2n) is 13.1. The largest absolute Gasteiger partial charge is 0.496 e. The lowest BCUT2D eigenvalue weighted by molar-refractivity contribution is -0.121. The number of phosphoric ester groups is 1. The Balaban J connectivity index is 2.52. The Morgan fingerprint density at radius 3 is 2.00 bits per heavy atom. The zero-order chi connectivity index (χ0) is 37.5. The molecule has 0 saturated carbocycles. The van der Waals surface area contributed by atoms with Crippen LogP contribution in [0.4, 0.5) is 0 Å². The Kier molecular flexibility index (Phi) is 27.5. The standard InChI is InChI=1S/C38H69N4O8P/c1-5-6-28-48-51(44,50-30-17-24-40)49-29-13-9-7-8-10-19-38(21-15-23-39,20-11-12-25-41-2)22-16-26-42-37(43)18-14-27-47-36-32-34(45-3)31-35(33-36)46-4/h31-33,41H,5-23,25-30,39H2,1-4H3,(H,42,43). The third-order valence-corrected chi connectivity index (χ3v) is 10.5. The van der Waals surface area contributed by atoms with Crippen LogP contribution in [0.5, 0.6) is 17.2 Å². The molecule has 2 unspecified atom stereocenters. The lowest BCUT2D eigenvalue weighted by atomic mass is 9.71. The number of nitrogens with zero attached hydrogens (tertiary/aromatic N) is 1. The lowest BCUT2D eigenvalue weighted by Crippen LogP contribution is -2.28. The number of rotatable bonds is 35. The van der Waals surface area contributed by atoms with E-state index in [0.717, 1.165) is 90.0 Å². The fraction of sp³-hybridized carbons (Fsp3) is 0.789. The molecule has 51 heavy (non-hydrogen) atoms. The number of nitrogens with two attached hydrogens (primary N) is 1. The first-order valence-corrected chi connectivity index (χ1v) is 20.6. The van der Waals surface area contributed by atoms with Crippen molar-refractivity contribution < 1.29 is 37.1 Å². The molecule has 0 aliphatic heterocycles. The average Bonchev–Trinajstić information content (AvgIpc) is 3.14. The van der Waals surface area contributed by atoms with Crippen molar-refractivity contribution in [3.63, 3.8) is 0 Å². The van der Waals surface area contributed by atoms with Crippen LogP contribution in [-0.2, 0) is 22.9 Å². The van der Waals surface area contributed by atoms with E-state index in [4.69, 9.17) is 38.8 Å². The minimum absolute atomic E-state index is 0.0327. The van der Waals surface area contributed by atoms with E-state index in [2.05, 4.69) is 10.6 Å². The molecule has 1 aromatic carbocycles.